The van der Waals surface area contributed by atoms with E-state index in [1.807, 2.05) is 54.6 Å². The molecule has 8 aliphatic rings. The Balaban J connectivity index is 0.971. The largest absolute Gasteiger partial charge is 0.481 e. The molecular formula is C74H109F2N15O13S2. The van der Waals surface area contributed by atoms with Crippen molar-refractivity contribution in [1.82, 2.24) is 68.7 Å². The number of carbonyl (C=O) groups excluding carboxylic acids is 10. The van der Waals surface area contributed by atoms with Gasteiger partial charge in [-0.05, 0) is 181 Å². The van der Waals surface area contributed by atoms with Gasteiger partial charge in [0, 0.05) is 73.2 Å². The van der Waals surface area contributed by atoms with Gasteiger partial charge in [-0.1, -0.05) is 54.6 Å². The number of benzene rings is 2. The molecule has 584 valence electrons. The first kappa shape index (κ1) is 81.4. The molecule has 106 heavy (non-hydrogen) atoms. The monoisotopic (exact) mass is 1520 g/mol. The maximum Gasteiger partial charge on any atom is 0.305 e. The standard InChI is InChI=1S/C74H109F2N15O13S2/c75-48-14-18-54-52(28-48)45(32-80-54)25-57-69(99)86-58(26-46-33-81-55-19-15-49(76)29-53(46)55)70(100)88-60(31-66(95)96)72(102)87-59(30-50-34-79-40-83-50)71(101)89-61(24-41-12-16-51(92)17-13-41)74(104)91-36-47(44-9-2-1-3-10-44)27-63(91)73(103)90-62(67(78)97)39-106-38-43-8-6-7-42(23-43)37-105-22-20-64(93)84-56(11-4-5-21-77)68(98)82-35-65(94)85-57/h1-3,6-10,23,41,45-63,79-81,83,92H,4-5,11-22,24-40,77H2,(H2,78,97)(H,82,98)(H,84,93)(H,85,94)(H,86,99)(H,87,102)(H,88,100)(H,89,101)(H,90,103)(H,95,96)/t41?,45?,46?,47-,48?,49?,50?,51?,52?,53?,54?,55?,56+,57+,58+,59+,60+,61+,62+,63+/m1/s1. The Kier molecular flexibility index (Phi) is 30.6. The average Bonchev–Trinajstić information content (AvgIpc) is 1.66. The zero-order valence-corrected chi connectivity index (χ0v) is 61.9. The molecule has 2 aromatic rings. The Morgan fingerprint density at radius 1 is 0.585 bits per heavy atom. The van der Waals surface area contributed by atoms with Crippen LogP contribution in [0.2, 0.25) is 0 Å². The van der Waals surface area contributed by atoms with Gasteiger partial charge in [0.1, 0.15) is 60.7 Å². The zero-order chi connectivity index (χ0) is 75.4. The van der Waals surface area contributed by atoms with Crippen molar-refractivity contribution >= 4 is 88.6 Å². The number of carbonyl (C=O) groups is 11. The quantitative estimate of drug-likeness (QED) is 0.102. The molecule has 0 radical (unpaired) electrons. The van der Waals surface area contributed by atoms with E-state index in [9.17, 15) is 39.0 Å². The molecule has 0 spiro atoms. The number of hydrogen-bond acceptors (Lipinski definition) is 19. The highest BCUT2D eigenvalue weighted by molar-refractivity contribution is 7.98. The van der Waals surface area contributed by atoms with Gasteiger partial charge in [0.15, 0.2) is 0 Å². The average molecular weight is 1520 g/mol. The van der Waals surface area contributed by atoms with Crippen LogP contribution in [-0.2, 0) is 64.2 Å². The van der Waals surface area contributed by atoms with Crippen molar-refractivity contribution in [3.63, 3.8) is 0 Å². The number of unbranched alkanes of at least 4 members (excludes halogenated alkanes) is 1. The van der Waals surface area contributed by atoms with Crippen molar-refractivity contribution in [3.05, 3.63) is 71.3 Å². The molecule has 0 aromatic heterocycles. The van der Waals surface area contributed by atoms with Crippen LogP contribution in [-0.4, -0.2) is 223 Å². The summed E-state index contributed by atoms with van der Waals surface area (Å²) in [7, 11) is 0. The molecule has 3 aliphatic carbocycles. The fourth-order valence-electron chi connectivity index (χ4n) is 17.0. The normalized spacial score (nSPS) is 34.2. The Labute approximate surface area is 626 Å². The lowest BCUT2D eigenvalue weighted by Gasteiger charge is -2.34. The van der Waals surface area contributed by atoms with Gasteiger partial charge in [-0.2, -0.15) is 23.5 Å². The van der Waals surface area contributed by atoms with Gasteiger partial charge in [-0.25, -0.2) is 8.78 Å². The number of amides is 10. The van der Waals surface area contributed by atoms with Crippen LogP contribution >= 0.6 is 23.5 Å². The van der Waals surface area contributed by atoms with E-state index in [1.54, 1.807) is 0 Å². The van der Waals surface area contributed by atoms with Crippen LogP contribution in [0, 0.1) is 29.6 Å². The fraction of sp³-hybridized carbons (Fsp3) is 0.689. The molecule has 3 saturated carbocycles. The number of primary amides is 1. The molecule has 18 N–H and O–H groups in total. The third kappa shape index (κ3) is 23.5. The summed E-state index contributed by atoms with van der Waals surface area (Å²) < 4.78 is 30.6. The van der Waals surface area contributed by atoms with Crippen LogP contribution < -0.4 is 75.3 Å². The molecule has 2 aromatic carbocycles. The molecule has 5 heterocycles. The Hall–Kier alpha value is -7.07. The minimum absolute atomic E-state index is 0.0306. The number of nitrogens with one attached hydrogen (secondary N) is 12. The molecule has 28 nitrogen and oxygen atoms in total. The molecule has 4 saturated heterocycles. The predicted octanol–water partition coefficient (Wildman–Crippen LogP) is 0.623. The van der Waals surface area contributed by atoms with Gasteiger partial charge in [-0.15, -0.1) is 0 Å². The van der Waals surface area contributed by atoms with Crippen LogP contribution in [0.3, 0.4) is 0 Å². The molecule has 10 rings (SSSR count). The number of fused-ring (bicyclic) bond motifs is 5. The smallest absolute Gasteiger partial charge is 0.305 e. The van der Waals surface area contributed by atoms with E-state index in [0.717, 1.165) is 16.7 Å². The van der Waals surface area contributed by atoms with Gasteiger partial charge in [0.25, 0.3) is 0 Å². The highest BCUT2D eigenvalue weighted by Crippen LogP contribution is 2.41. The van der Waals surface area contributed by atoms with E-state index in [4.69, 9.17) is 11.5 Å². The predicted molar refractivity (Wildman–Crippen MR) is 395 cm³/mol. The first-order valence-electron chi connectivity index (χ1n) is 38.1. The van der Waals surface area contributed by atoms with E-state index in [1.165, 1.54) is 28.4 Å². The number of rotatable bonds is 16. The second-order valence-electron chi connectivity index (χ2n) is 30.4. The van der Waals surface area contributed by atoms with E-state index >= 15 is 32.8 Å². The van der Waals surface area contributed by atoms with Crippen LogP contribution in [0.4, 0.5) is 8.78 Å². The summed E-state index contributed by atoms with van der Waals surface area (Å²) >= 11 is 2.86. The molecular weight excluding hydrogens is 1410 g/mol. The summed E-state index contributed by atoms with van der Waals surface area (Å²) in [5, 5.41) is 56.5. The molecule has 18 atom stereocenters. The second kappa shape index (κ2) is 39.9. The molecule has 7 fully saturated rings. The van der Waals surface area contributed by atoms with E-state index in [-0.39, 0.29) is 112 Å². The summed E-state index contributed by atoms with van der Waals surface area (Å²) in [6, 6.07) is 5.24. The summed E-state index contributed by atoms with van der Waals surface area (Å²) in [5.41, 5.74) is 14.5. The van der Waals surface area contributed by atoms with E-state index in [0.29, 0.717) is 114 Å². The lowest BCUT2D eigenvalue weighted by molar-refractivity contribution is -0.143. The van der Waals surface area contributed by atoms with Gasteiger partial charge in [-0.3, -0.25) is 52.7 Å². The van der Waals surface area contributed by atoms with Crippen LogP contribution in [0.5, 0.6) is 0 Å². The molecule has 10 amide bonds. The van der Waals surface area contributed by atoms with Gasteiger partial charge in [0.05, 0.1) is 19.1 Å². The van der Waals surface area contributed by atoms with Crippen molar-refractivity contribution in [2.75, 3.05) is 57.4 Å². The summed E-state index contributed by atoms with van der Waals surface area (Å²) in [5.74, 6) is -9.86. The minimum atomic E-state index is -1.92. The number of nitrogens with two attached hydrogens (primary N) is 2. The third-order valence-corrected chi connectivity index (χ3v) is 24.9. The van der Waals surface area contributed by atoms with Crippen molar-refractivity contribution < 1.29 is 71.7 Å². The number of aliphatic carboxylic acids is 1. The number of aliphatic hydroxyl groups excluding tert-OH is 1. The van der Waals surface area contributed by atoms with Crippen molar-refractivity contribution in [2.24, 2.45) is 41.1 Å². The van der Waals surface area contributed by atoms with Crippen molar-refractivity contribution in [1.29, 1.82) is 0 Å². The number of alkyl halides is 2. The van der Waals surface area contributed by atoms with Gasteiger partial charge in [0.2, 0.25) is 59.1 Å². The number of carboxylic acid groups (broad SMARTS) is 1. The summed E-state index contributed by atoms with van der Waals surface area (Å²) in [6.07, 6.45) is 1.18. The third-order valence-electron chi connectivity index (χ3n) is 22.7. The highest BCUT2D eigenvalue weighted by Gasteiger charge is 2.48. The molecule has 9 unspecified atom stereocenters. The first-order chi connectivity index (χ1) is 51.0. The zero-order valence-electron chi connectivity index (χ0n) is 60.2. The van der Waals surface area contributed by atoms with Crippen LogP contribution in [0.25, 0.3) is 0 Å². The maximum absolute atomic E-state index is 15.7. The number of carboxylic acids is 1. The number of thioether (sulfide) groups is 2. The number of hydrogen-bond donors (Lipinski definition) is 16. The second-order valence-corrected chi connectivity index (χ2v) is 32.5. The van der Waals surface area contributed by atoms with Crippen molar-refractivity contribution in [2.45, 2.75) is 231 Å². The fourth-order valence-corrected chi connectivity index (χ4v) is 18.9. The van der Waals surface area contributed by atoms with Gasteiger partial charge < -0.3 is 90.4 Å². The lowest BCUT2D eigenvalue weighted by Crippen LogP contribution is -2.61. The minimum Gasteiger partial charge on any atom is -0.481 e. The Morgan fingerprint density at radius 3 is 1.79 bits per heavy atom. The number of nitrogens with zero attached hydrogens (tertiary/aromatic N) is 1. The Morgan fingerprint density at radius 2 is 1.18 bits per heavy atom. The lowest BCUT2D eigenvalue weighted by atomic mass is 9.76. The molecule has 2 bridgehead atoms. The topological polar surface area (TPSA) is 428 Å². The van der Waals surface area contributed by atoms with Gasteiger partial charge >= 0.3 is 5.97 Å². The summed E-state index contributed by atoms with van der Waals surface area (Å²) in [4.78, 5) is 161. The van der Waals surface area contributed by atoms with E-state index in [2.05, 4.69) is 63.8 Å². The van der Waals surface area contributed by atoms with Crippen LogP contribution in [0.15, 0.2) is 54.6 Å². The van der Waals surface area contributed by atoms with Crippen molar-refractivity contribution in [3.8, 4) is 0 Å². The number of halogens is 2. The molecule has 5 aliphatic heterocycles. The maximum atomic E-state index is 15.7. The molecule has 32 heteroatoms. The first-order valence-corrected chi connectivity index (χ1v) is 40.4. The van der Waals surface area contributed by atoms with Crippen LogP contribution in [0.1, 0.15) is 151 Å². The van der Waals surface area contributed by atoms with E-state index < -0.39 is 157 Å². The number of aliphatic hydroxyl groups is 1. The Bertz CT molecular complexity index is 3360. The SMILES string of the molecule is NCCCC[C@@H]1NC(=O)CCSCc2cccc(c2)CSC[C@@H](C(N)=O)NC(=O)[C@@H]2C[C@@H](c3ccccc3)CN2C(=O)[C@H](CC2CCC(O)CC2)NC(=O)[C@H](CC2CNCN2)NC(=O)[C@H](CC(=O)O)NC(=O)[C@H](CC2CNC3CCC(F)CC23)NC(=O)[C@H](CC2CNC3CCC(F)CC23)NC(=O)CNC1=O. The highest BCUT2D eigenvalue weighted by atomic mass is 32.2. The summed E-state index contributed by atoms with van der Waals surface area (Å²) in [6.45, 7) is 1.04.